The number of halogens is 1. The van der Waals surface area contributed by atoms with Crippen LogP contribution < -0.4 is 15.8 Å². The lowest BCUT2D eigenvalue weighted by Crippen LogP contribution is -2.13. The number of hydrogen-bond donors (Lipinski definition) is 2. The Hall–Kier alpha value is -2.44. The number of nitrogens with zero attached hydrogens (tertiary/aromatic N) is 3. The smallest absolute Gasteiger partial charge is 0.323 e. The molecule has 20 heavy (non-hydrogen) atoms. The molecule has 0 radical (unpaired) electrons. The number of anilines is 2. The predicted octanol–water partition coefficient (Wildman–Crippen LogP) is 1.99. The Balaban J connectivity index is 2.07. The quantitative estimate of drug-likeness (QED) is 0.869. The Kier molecular flexibility index (Phi) is 4.29. The summed E-state index contributed by atoms with van der Waals surface area (Å²) in [5.41, 5.74) is 6.36. The van der Waals surface area contributed by atoms with Crippen LogP contribution in [0, 0.1) is 5.82 Å². The number of nitrogens with one attached hydrogen (secondary N) is 1. The normalized spacial score (nSPS) is 10.6. The SMILES string of the molecule is CC(C)Oc1nc(N)nc(NCc2cccc(F)c2)n1. The fourth-order valence-corrected chi connectivity index (χ4v) is 1.54. The van der Waals surface area contributed by atoms with Gasteiger partial charge in [-0.2, -0.15) is 15.0 Å². The van der Waals surface area contributed by atoms with E-state index in [0.29, 0.717) is 6.54 Å². The molecule has 7 heteroatoms. The molecule has 0 saturated heterocycles. The third-order valence-electron chi connectivity index (χ3n) is 2.31. The molecule has 2 rings (SSSR count). The molecule has 0 unspecified atom stereocenters. The maximum Gasteiger partial charge on any atom is 0.323 e. The van der Waals surface area contributed by atoms with Gasteiger partial charge in [0.1, 0.15) is 5.82 Å². The van der Waals surface area contributed by atoms with Crippen LogP contribution in [0.5, 0.6) is 6.01 Å². The molecule has 0 atom stereocenters. The molecule has 0 spiro atoms. The molecule has 0 bridgehead atoms. The van der Waals surface area contributed by atoms with E-state index in [2.05, 4.69) is 20.3 Å². The third kappa shape index (κ3) is 4.04. The van der Waals surface area contributed by atoms with E-state index in [9.17, 15) is 4.39 Å². The molecule has 0 aliphatic rings. The predicted molar refractivity (Wildman–Crippen MR) is 73.7 cm³/mol. The highest BCUT2D eigenvalue weighted by molar-refractivity contribution is 5.34. The van der Waals surface area contributed by atoms with Crippen LogP contribution >= 0.6 is 0 Å². The second-order valence-corrected chi connectivity index (χ2v) is 4.45. The molecule has 0 aliphatic heterocycles. The van der Waals surface area contributed by atoms with Crippen molar-refractivity contribution in [2.24, 2.45) is 0 Å². The number of nitrogens with two attached hydrogens (primary N) is 1. The number of nitrogen functional groups attached to an aromatic ring is 1. The number of rotatable bonds is 5. The van der Waals surface area contributed by atoms with Crippen molar-refractivity contribution in [3.63, 3.8) is 0 Å². The van der Waals surface area contributed by atoms with Gasteiger partial charge in [-0.25, -0.2) is 4.39 Å². The Bertz CT molecular complexity index is 591. The van der Waals surface area contributed by atoms with Gasteiger partial charge in [-0.05, 0) is 31.5 Å². The average molecular weight is 277 g/mol. The Morgan fingerprint density at radius 1 is 1.30 bits per heavy atom. The number of ether oxygens (including phenoxy) is 1. The molecule has 0 amide bonds. The molecule has 1 heterocycles. The first-order valence-electron chi connectivity index (χ1n) is 6.19. The monoisotopic (exact) mass is 277 g/mol. The van der Waals surface area contributed by atoms with Gasteiger partial charge in [0.15, 0.2) is 0 Å². The molecule has 0 fully saturated rings. The topological polar surface area (TPSA) is 86.0 Å². The van der Waals surface area contributed by atoms with Crippen molar-refractivity contribution in [3.8, 4) is 6.01 Å². The minimum Gasteiger partial charge on any atom is -0.461 e. The minimum absolute atomic E-state index is 0.0622. The van der Waals surface area contributed by atoms with Crippen LogP contribution in [0.4, 0.5) is 16.3 Å². The van der Waals surface area contributed by atoms with Gasteiger partial charge in [0.25, 0.3) is 0 Å². The summed E-state index contributed by atoms with van der Waals surface area (Å²) >= 11 is 0. The zero-order chi connectivity index (χ0) is 14.5. The lowest BCUT2D eigenvalue weighted by Gasteiger charge is -2.10. The number of benzene rings is 1. The van der Waals surface area contributed by atoms with Crippen LogP contribution in [0.3, 0.4) is 0 Å². The van der Waals surface area contributed by atoms with Crippen LogP contribution in [-0.2, 0) is 6.54 Å². The first kappa shape index (κ1) is 14.0. The van der Waals surface area contributed by atoms with Gasteiger partial charge in [-0.3, -0.25) is 0 Å². The fourth-order valence-electron chi connectivity index (χ4n) is 1.54. The van der Waals surface area contributed by atoms with Crippen molar-refractivity contribution in [2.45, 2.75) is 26.5 Å². The molecule has 2 aromatic rings. The average Bonchev–Trinajstić information content (AvgIpc) is 2.35. The van der Waals surface area contributed by atoms with Crippen molar-refractivity contribution < 1.29 is 9.13 Å². The summed E-state index contributed by atoms with van der Waals surface area (Å²) in [6.45, 7) is 4.10. The van der Waals surface area contributed by atoms with E-state index in [0.717, 1.165) is 5.56 Å². The van der Waals surface area contributed by atoms with E-state index in [4.69, 9.17) is 10.5 Å². The Morgan fingerprint density at radius 2 is 2.10 bits per heavy atom. The lowest BCUT2D eigenvalue weighted by atomic mass is 10.2. The van der Waals surface area contributed by atoms with Gasteiger partial charge in [0.05, 0.1) is 6.10 Å². The van der Waals surface area contributed by atoms with Gasteiger partial charge in [0.2, 0.25) is 11.9 Å². The molecule has 0 aliphatic carbocycles. The van der Waals surface area contributed by atoms with E-state index in [1.165, 1.54) is 12.1 Å². The van der Waals surface area contributed by atoms with Gasteiger partial charge < -0.3 is 15.8 Å². The Labute approximate surface area is 116 Å². The fraction of sp³-hybridized carbons (Fsp3) is 0.308. The van der Waals surface area contributed by atoms with E-state index in [1.54, 1.807) is 12.1 Å². The van der Waals surface area contributed by atoms with E-state index in [1.807, 2.05) is 13.8 Å². The van der Waals surface area contributed by atoms with E-state index < -0.39 is 0 Å². The zero-order valence-corrected chi connectivity index (χ0v) is 11.3. The molecule has 6 nitrogen and oxygen atoms in total. The summed E-state index contributed by atoms with van der Waals surface area (Å²) in [5, 5.41) is 2.95. The molecule has 0 saturated carbocycles. The molecule has 3 N–H and O–H groups in total. The summed E-state index contributed by atoms with van der Waals surface area (Å²) in [5.74, 6) is 0.0677. The maximum absolute atomic E-state index is 13.1. The van der Waals surface area contributed by atoms with Crippen molar-refractivity contribution in [1.29, 1.82) is 0 Å². The summed E-state index contributed by atoms with van der Waals surface area (Å²) < 4.78 is 18.4. The zero-order valence-electron chi connectivity index (χ0n) is 11.3. The standard InChI is InChI=1S/C13H16FN5O/c1-8(2)20-13-18-11(15)17-12(19-13)16-7-9-4-3-5-10(14)6-9/h3-6,8H,7H2,1-2H3,(H3,15,16,17,18,19). The van der Waals surface area contributed by atoms with Crippen LogP contribution in [0.15, 0.2) is 24.3 Å². The lowest BCUT2D eigenvalue weighted by molar-refractivity contribution is 0.222. The van der Waals surface area contributed by atoms with Crippen LogP contribution in [-0.4, -0.2) is 21.1 Å². The van der Waals surface area contributed by atoms with Gasteiger partial charge >= 0.3 is 6.01 Å². The highest BCUT2D eigenvalue weighted by Gasteiger charge is 2.07. The third-order valence-corrected chi connectivity index (χ3v) is 2.31. The second kappa shape index (κ2) is 6.14. The molecule has 1 aromatic heterocycles. The summed E-state index contributed by atoms with van der Waals surface area (Å²) in [4.78, 5) is 11.9. The highest BCUT2D eigenvalue weighted by Crippen LogP contribution is 2.12. The van der Waals surface area contributed by atoms with Gasteiger partial charge in [0, 0.05) is 6.54 Å². The number of aromatic nitrogens is 3. The molecular formula is C13H16FN5O. The van der Waals surface area contributed by atoms with Crippen molar-refractivity contribution in [2.75, 3.05) is 11.1 Å². The summed E-state index contributed by atoms with van der Waals surface area (Å²) in [7, 11) is 0. The van der Waals surface area contributed by atoms with E-state index in [-0.39, 0.29) is 29.8 Å². The van der Waals surface area contributed by atoms with Crippen LogP contribution in [0.1, 0.15) is 19.4 Å². The van der Waals surface area contributed by atoms with Crippen LogP contribution in [0.25, 0.3) is 0 Å². The van der Waals surface area contributed by atoms with Gasteiger partial charge in [-0.15, -0.1) is 0 Å². The second-order valence-electron chi connectivity index (χ2n) is 4.45. The van der Waals surface area contributed by atoms with Crippen molar-refractivity contribution in [1.82, 2.24) is 15.0 Å². The van der Waals surface area contributed by atoms with Crippen LogP contribution in [0.2, 0.25) is 0 Å². The summed E-state index contributed by atoms with van der Waals surface area (Å²) in [6, 6.07) is 6.42. The Morgan fingerprint density at radius 3 is 2.80 bits per heavy atom. The first-order chi connectivity index (χ1) is 9.52. The maximum atomic E-state index is 13.1. The van der Waals surface area contributed by atoms with E-state index >= 15 is 0 Å². The number of hydrogen-bond acceptors (Lipinski definition) is 6. The molecule has 106 valence electrons. The van der Waals surface area contributed by atoms with Crippen molar-refractivity contribution >= 4 is 11.9 Å². The minimum atomic E-state index is -0.289. The highest BCUT2D eigenvalue weighted by atomic mass is 19.1. The van der Waals surface area contributed by atoms with Crippen molar-refractivity contribution in [3.05, 3.63) is 35.6 Å². The summed E-state index contributed by atoms with van der Waals surface area (Å²) in [6.07, 6.45) is -0.0622. The molecule has 1 aromatic carbocycles. The van der Waals surface area contributed by atoms with Gasteiger partial charge in [-0.1, -0.05) is 12.1 Å². The molecular weight excluding hydrogens is 261 g/mol. The largest absolute Gasteiger partial charge is 0.461 e. The first-order valence-corrected chi connectivity index (χ1v) is 6.19.